The van der Waals surface area contributed by atoms with Gasteiger partial charge in [-0.05, 0) is 25.1 Å². The molecule has 0 aliphatic rings. The van der Waals surface area contributed by atoms with Crippen molar-refractivity contribution >= 4 is 17.4 Å². The Bertz CT molecular complexity index is 443. The summed E-state index contributed by atoms with van der Waals surface area (Å²) in [4.78, 5) is 0. The number of nitrogen functional groups attached to an aromatic ring is 1. The van der Waals surface area contributed by atoms with E-state index in [2.05, 4.69) is 5.10 Å². The van der Waals surface area contributed by atoms with Crippen LogP contribution in [-0.4, -0.2) is 9.78 Å². The molecule has 2 aromatic rings. The lowest BCUT2D eigenvalue weighted by atomic mass is 10.3. The minimum atomic E-state index is 0.546. The molecule has 0 atom stereocenters. The molecular weight excluding hydrogens is 198 g/mol. The van der Waals surface area contributed by atoms with Crippen molar-refractivity contribution in [2.75, 3.05) is 5.73 Å². The number of benzene rings is 1. The topological polar surface area (TPSA) is 43.8 Å². The Morgan fingerprint density at radius 3 is 2.79 bits per heavy atom. The van der Waals surface area contributed by atoms with Gasteiger partial charge in [-0.1, -0.05) is 17.7 Å². The second-order valence-electron chi connectivity index (χ2n) is 3.12. The average Bonchev–Trinajstić information content (AvgIpc) is 2.47. The van der Waals surface area contributed by atoms with Gasteiger partial charge in [0.1, 0.15) is 5.82 Å². The summed E-state index contributed by atoms with van der Waals surface area (Å²) in [5, 5.41) is 4.85. The second-order valence-corrected chi connectivity index (χ2v) is 3.56. The molecule has 1 heterocycles. The lowest BCUT2D eigenvalue weighted by Crippen LogP contribution is -1.95. The minimum absolute atomic E-state index is 0.546. The summed E-state index contributed by atoms with van der Waals surface area (Å²) in [7, 11) is 0. The minimum Gasteiger partial charge on any atom is -0.382 e. The van der Waals surface area contributed by atoms with Gasteiger partial charge in [-0.15, -0.1) is 0 Å². The molecule has 1 aromatic heterocycles. The van der Waals surface area contributed by atoms with Gasteiger partial charge < -0.3 is 5.73 Å². The first-order valence-corrected chi connectivity index (χ1v) is 4.62. The van der Waals surface area contributed by atoms with Gasteiger partial charge in [-0.2, -0.15) is 5.10 Å². The number of nitrogens with two attached hydrogens (primary N) is 1. The van der Waals surface area contributed by atoms with Gasteiger partial charge in [0.05, 0.1) is 5.69 Å². The van der Waals surface area contributed by atoms with E-state index in [1.54, 1.807) is 4.68 Å². The van der Waals surface area contributed by atoms with Crippen LogP contribution in [0.15, 0.2) is 30.5 Å². The zero-order valence-electron chi connectivity index (χ0n) is 7.74. The third-order valence-electron chi connectivity index (χ3n) is 2.01. The van der Waals surface area contributed by atoms with Crippen molar-refractivity contribution < 1.29 is 0 Å². The molecule has 4 heteroatoms. The molecule has 0 spiro atoms. The largest absolute Gasteiger partial charge is 0.382 e. The van der Waals surface area contributed by atoms with E-state index in [9.17, 15) is 0 Å². The van der Waals surface area contributed by atoms with Crippen LogP contribution in [0, 0.1) is 6.92 Å². The number of rotatable bonds is 1. The average molecular weight is 208 g/mol. The quantitative estimate of drug-likeness (QED) is 0.781. The van der Waals surface area contributed by atoms with Crippen molar-refractivity contribution in [1.82, 2.24) is 9.78 Å². The molecule has 0 aliphatic carbocycles. The Kier molecular flexibility index (Phi) is 2.17. The molecule has 0 radical (unpaired) electrons. The second kappa shape index (κ2) is 3.35. The fourth-order valence-corrected chi connectivity index (χ4v) is 1.41. The first-order chi connectivity index (χ1) is 6.66. The van der Waals surface area contributed by atoms with Crippen LogP contribution in [-0.2, 0) is 0 Å². The monoisotopic (exact) mass is 207 g/mol. The predicted molar refractivity (Wildman–Crippen MR) is 57.7 cm³/mol. The highest BCUT2D eigenvalue weighted by molar-refractivity contribution is 6.30. The van der Waals surface area contributed by atoms with Crippen molar-refractivity contribution in [3.05, 3.63) is 41.0 Å². The Balaban J connectivity index is 2.49. The van der Waals surface area contributed by atoms with Crippen molar-refractivity contribution in [2.45, 2.75) is 6.92 Å². The number of aromatic nitrogens is 2. The molecule has 0 saturated heterocycles. The van der Waals surface area contributed by atoms with E-state index in [1.165, 1.54) is 0 Å². The summed E-state index contributed by atoms with van der Waals surface area (Å²) in [6.07, 6.45) is 1.88. The Hall–Kier alpha value is -1.48. The van der Waals surface area contributed by atoms with Gasteiger partial charge in [-0.25, -0.2) is 4.68 Å². The van der Waals surface area contributed by atoms with Crippen LogP contribution in [0.4, 0.5) is 5.82 Å². The third-order valence-corrected chi connectivity index (χ3v) is 2.24. The van der Waals surface area contributed by atoms with E-state index in [-0.39, 0.29) is 0 Å². The summed E-state index contributed by atoms with van der Waals surface area (Å²) < 4.78 is 1.72. The van der Waals surface area contributed by atoms with Gasteiger partial charge in [0.25, 0.3) is 0 Å². The van der Waals surface area contributed by atoms with Crippen LogP contribution >= 0.6 is 11.6 Å². The fourth-order valence-electron chi connectivity index (χ4n) is 1.22. The molecule has 3 nitrogen and oxygen atoms in total. The van der Waals surface area contributed by atoms with Crippen LogP contribution in [0.3, 0.4) is 0 Å². The number of anilines is 1. The zero-order valence-corrected chi connectivity index (χ0v) is 8.49. The molecule has 14 heavy (non-hydrogen) atoms. The van der Waals surface area contributed by atoms with Crippen LogP contribution in [0.25, 0.3) is 5.69 Å². The summed E-state index contributed by atoms with van der Waals surface area (Å²) in [6, 6.07) is 7.47. The number of hydrogen-bond acceptors (Lipinski definition) is 2. The predicted octanol–water partition coefficient (Wildman–Crippen LogP) is 2.42. The first kappa shape index (κ1) is 9.09. The maximum absolute atomic E-state index is 5.87. The smallest absolute Gasteiger partial charge is 0.148 e. The summed E-state index contributed by atoms with van der Waals surface area (Å²) in [5.74, 6) is 0.546. The standard InChI is InChI=1S/C10H10ClN3/c1-7-6-14(13-10(7)12)9-4-2-3-8(11)5-9/h2-6H,1H3,(H2,12,13). The highest BCUT2D eigenvalue weighted by atomic mass is 35.5. The SMILES string of the molecule is Cc1cn(-c2cccc(Cl)c2)nc1N. The maximum atomic E-state index is 5.87. The van der Waals surface area contributed by atoms with Crippen molar-refractivity contribution in [3.63, 3.8) is 0 Å². The molecule has 2 N–H and O–H groups in total. The number of halogens is 1. The van der Waals surface area contributed by atoms with Gasteiger partial charge in [0.15, 0.2) is 0 Å². The molecule has 72 valence electrons. The van der Waals surface area contributed by atoms with Crippen LogP contribution in [0.1, 0.15) is 5.56 Å². The van der Waals surface area contributed by atoms with E-state index in [0.717, 1.165) is 11.3 Å². The van der Waals surface area contributed by atoms with Crippen molar-refractivity contribution in [1.29, 1.82) is 0 Å². The lowest BCUT2D eigenvalue weighted by Gasteiger charge is -2.00. The molecule has 0 aliphatic heterocycles. The Labute approximate surface area is 87.1 Å². The lowest BCUT2D eigenvalue weighted by molar-refractivity contribution is 0.885. The molecule has 0 unspecified atom stereocenters. The van der Waals surface area contributed by atoms with Crippen molar-refractivity contribution in [2.24, 2.45) is 0 Å². The van der Waals surface area contributed by atoms with Crippen LogP contribution in [0.2, 0.25) is 5.02 Å². The Morgan fingerprint density at radius 2 is 2.21 bits per heavy atom. The maximum Gasteiger partial charge on any atom is 0.148 e. The van der Waals surface area contributed by atoms with Gasteiger partial charge in [0.2, 0.25) is 0 Å². The molecule has 0 fully saturated rings. The number of hydrogen-bond donors (Lipinski definition) is 1. The summed E-state index contributed by atoms with van der Waals surface area (Å²) in [5.41, 5.74) is 7.53. The first-order valence-electron chi connectivity index (χ1n) is 4.24. The number of aryl methyl sites for hydroxylation is 1. The third kappa shape index (κ3) is 1.59. The number of nitrogens with zero attached hydrogens (tertiary/aromatic N) is 2. The van der Waals surface area contributed by atoms with E-state index >= 15 is 0 Å². The molecule has 0 bridgehead atoms. The van der Waals surface area contributed by atoms with E-state index in [4.69, 9.17) is 17.3 Å². The van der Waals surface area contributed by atoms with Crippen molar-refractivity contribution in [3.8, 4) is 5.69 Å². The summed E-state index contributed by atoms with van der Waals surface area (Å²) >= 11 is 5.87. The summed E-state index contributed by atoms with van der Waals surface area (Å²) in [6.45, 7) is 1.92. The van der Waals surface area contributed by atoms with Crippen LogP contribution in [0.5, 0.6) is 0 Å². The van der Waals surface area contributed by atoms with Gasteiger partial charge in [0, 0.05) is 16.8 Å². The van der Waals surface area contributed by atoms with Gasteiger partial charge >= 0.3 is 0 Å². The highest BCUT2D eigenvalue weighted by Crippen LogP contribution is 2.16. The molecule has 0 saturated carbocycles. The molecule has 2 rings (SSSR count). The van der Waals surface area contributed by atoms with E-state index < -0.39 is 0 Å². The fraction of sp³-hybridized carbons (Fsp3) is 0.100. The molecule has 0 amide bonds. The van der Waals surface area contributed by atoms with E-state index in [1.807, 2.05) is 37.4 Å². The van der Waals surface area contributed by atoms with Gasteiger partial charge in [-0.3, -0.25) is 0 Å². The highest BCUT2D eigenvalue weighted by Gasteiger charge is 2.02. The Morgan fingerprint density at radius 1 is 1.43 bits per heavy atom. The zero-order chi connectivity index (χ0) is 10.1. The normalized spacial score (nSPS) is 10.4. The van der Waals surface area contributed by atoms with E-state index in [0.29, 0.717) is 10.8 Å². The molecular formula is C10H10ClN3. The molecule has 1 aromatic carbocycles. The van der Waals surface area contributed by atoms with Crippen LogP contribution < -0.4 is 5.73 Å².